The highest BCUT2D eigenvalue weighted by atomic mass is 16.2. The second kappa shape index (κ2) is 8.27. The summed E-state index contributed by atoms with van der Waals surface area (Å²) in [4.78, 5) is 22.7. The number of pyridine rings is 1. The summed E-state index contributed by atoms with van der Waals surface area (Å²) in [7, 11) is 0. The van der Waals surface area contributed by atoms with Crippen molar-refractivity contribution in [1.29, 1.82) is 0 Å². The number of allylic oxidation sites excluding steroid dienone is 1. The van der Waals surface area contributed by atoms with Crippen molar-refractivity contribution in [2.45, 2.75) is 34.2 Å². The smallest absolute Gasteiger partial charge is 0.246 e. The average molecular weight is 365 g/mol. The average Bonchev–Trinajstić information content (AvgIpc) is 3.18. The largest absolute Gasteiger partial charge is 0.385 e. The highest BCUT2D eigenvalue weighted by Crippen LogP contribution is 2.19. The van der Waals surface area contributed by atoms with Crippen molar-refractivity contribution in [3.05, 3.63) is 47.6 Å². The molecule has 0 saturated carbocycles. The van der Waals surface area contributed by atoms with E-state index in [0.29, 0.717) is 5.82 Å². The molecule has 2 aromatic heterocycles. The van der Waals surface area contributed by atoms with Gasteiger partial charge in [0.15, 0.2) is 11.2 Å². The highest BCUT2D eigenvalue weighted by Gasteiger charge is 2.36. The number of rotatable bonds is 6. The molecule has 0 aliphatic rings. The first-order valence-electron chi connectivity index (χ1n) is 8.35. The molecule has 0 fully saturated rings. The molecule has 0 aliphatic carbocycles. The summed E-state index contributed by atoms with van der Waals surface area (Å²) in [5, 5.41) is 10.9. The summed E-state index contributed by atoms with van der Waals surface area (Å²) >= 11 is 0. The van der Waals surface area contributed by atoms with Crippen LogP contribution in [0.2, 0.25) is 0 Å². The van der Waals surface area contributed by atoms with Crippen LogP contribution < -0.4 is 11.1 Å². The topological polar surface area (TPSA) is 111 Å². The molecule has 2 rings (SSSR count). The first-order chi connectivity index (χ1) is 12.8. The number of nitrogens with one attached hydrogen (secondary N) is 1. The zero-order valence-electron chi connectivity index (χ0n) is 15.9. The van der Waals surface area contributed by atoms with Crippen LogP contribution in [0, 0.1) is 24.7 Å². The summed E-state index contributed by atoms with van der Waals surface area (Å²) in [5.74, 6) is 2.41. The Morgan fingerprint density at radius 1 is 1.37 bits per heavy atom. The monoisotopic (exact) mass is 365 g/mol. The number of nitrogens with two attached hydrogens (primary N) is 1. The molecule has 27 heavy (non-hydrogen) atoms. The lowest BCUT2D eigenvalue weighted by Crippen LogP contribution is -2.47. The molecule has 0 spiro atoms. The minimum absolute atomic E-state index is 0.0197. The van der Waals surface area contributed by atoms with Crippen molar-refractivity contribution < 1.29 is 4.79 Å². The van der Waals surface area contributed by atoms with Gasteiger partial charge in [-0.15, -0.1) is 11.2 Å². The summed E-state index contributed by atoms with van der Waals surface area (Å²) in [6.45, 7) is 7.39. The van der Waals surface area contributed by atoms with Gasteiger partial charge in [0.05, 0.1) is 24.6 Å². The molecule has 2 aromatic rings. The van der Waals surface area contributed by atoms with Crippen LogP contribution in [0.15, 0.2) is 41.3 Å². The van der Waals surface area contributed by atoms with Gasteiger partial charge >= 0.3 is 0 Å². The number of amidine groups is 1. The standard InChI is InChI=1S/C19H23N7O/c1-6-19(5,18(27)22-12-15-14(4)8-7-9-21-15)17(20)25-16(13(2)3)26-23-10-11-24-26/h1,7-11H,12H2,2-5H3,(H2,20,25)(H,22,27). The fraction of sp³-hybridized carbons (Fsp3) is 0.316. The summed E-state index contributed by atoms with van der Waals surface area (Å²) in [6.07, 6.45) is 10.4. The van der Waals surface area contributed by atoms with Gasteiger partial charge in [-0.3, -0.25) is 9.78 Å². The molecule has 0 aromatic carbocycles. The van der Waals surface area contributed by atoms with Crippen LogP contribution in [0.4, 0.5) is 0 Å². The first-order valence-corrected chi connectivity index (χ1v) is 8.35. The van der Waals surface area contributed by atoms with Crippen LogP contribution in [-0.2, 0) is 11.3 Å². The van der Waals surface area contributed by atoms with E-state index in [2.05, 4.69) is 31.4 Å². The summed E-state index contributed by atoms with van der Waals surface area (Å²) in [5.41, 5.74) is 7.25. The van der Waals surface area contributed by atoms with Crippen LogP contribution in [0.5, 0.6) is 0 Å². The zero-order valence-corrected chi connectivity index (χ0v) is 15.9. The number of terminal acetylenes is 1. The third-order valence-electron chi connectivity index (χ3n) is 4.07. The van der Waals surface area contributed by atoms with Crippen molar-refractivity contribution in [2.24, 2.45) is 16.1 Å². The van der Waals surface area contributed by atoms with E-state index in [1.807, 2.05) is 32.9 Å². The van der Waals surface area contributed by atoms with Gasteiger partial charge in [-0.2, -0.15) is 10.2 Å². The number of aliphatic imine (C=N–C) groups is 1. The molecule has 1 atom stereocenters. The number of amides is 1. The van der Waals surface area contributed by atoms with Crippen molar-refractivity contribution in [1.82, 2.24) is 25.3 Å². The minimum Gasteiger partial charge on any atom is -0.385 e. The third kappa shape index (κ3) is 4.39. The lowest BCUT2D eigenvalue weighted by atomic mass is 9.89. The van der Waals surface area contributed by atoms with E-state index in [1.54, 1.807) is 13.1 Å². The maximum atomic E-state index is 12.8. The fourth-order valence-electron chi connectivity index (χ4n) is 2.21. The Bertz CT molecular complexity index is 918. The van der Waals surface area contributed by atoms with E-state index in [9.17, 15) is 4.79 Å². The van der Waals surface area contributed by atoms with Crippen LogP contribution in [0.3, 0.4) is 0 Å². The molecule has 0 radical (unpaired) electrons. The molecular formula is C19H23N7O. The Morgan fingerprint density at radius 3 is 2.59 bits per heavy atom. The lowest BCUT2D eigenvalue weighted by Gasteiger charge is -2.22. The van der Waals surface area contributed by atoms with Gasteiger partial charge < -0.3 is 11.1 Å². The van der Waals surface area contributed by atoms with Crippen molar-refractivity contribution in [3.8, 4) is 12.3 Å². The van der Waals surface area contributed by atoms with Crippen LogP contribution >= 0.6 is 0 Å². The molecule has 8 heteroatoms. The first kappa shape index (κ1) is 19.8. The Hall–Kier alpha value is -3.47. The Balaban J connectivity index is 2.26. The maximum Gasteiger partial charge on any atom is 0.246 e. The predicted molar refractivity (Wildman–Crippen MR) is 104 cm³/mol. The van der Waals surface area contributed by atoms with Gasteiger partial charge in [0.1, 0.15) is 5.84 Å². The van der Waals surface area contributed by atoms with Crippen molar-refractivity contribution in [2.75, 3.05) is 0 Å². The Kier molecular flexibility index (Phi) is 6.08. The maximum absolute atomic E-state index is 12.8. The second-order valence-corrected chi connectivity index (χ2v) is 6.36. The molecule has 3 N–H and O–H groups in total. The molecule has 0 bridgehead atoms. The van der Waals surface area contributed by atoms with Crippen LogP contribution in [0.1, 0.15) is 32.0 Å². The third-order valence-corrected chi connectivity index (χ3v) is 4.07. The zero-order chi connectivity index (χ0) is 20.0. The number of hydrogen-bond donors (Lipinski definition) is 2. The van der Waals surface area contributed by atoms with E-state index < -0.39 is 11.3 Å². The van der Waals surface area contributed by atoms with E-state index in [0.717, 1.165) is 16.8 Å². The van der Waals surface area contributed by atoms with Gasteiger partial charge in [-0.25, -0.2) is 4.99 Å². The lowest BCUT2D eigenvalue weighted by molar-refractivity contribution is -0.125. The SMILES string of the molecule is C#CC(C)(C(=O)NCc1ncccc1C)/C(N)=N\C(=C(C)C)n1nccn1. The number of aryl methyl sites for hydroxylation is 1. The Morgan fingerprint density at radius 2 is 2.04 bits per heavy atom. The summed E-state index contributed by atoms with van der Waals surface area (Å²) in [6, 6.07) is 3.75. The molecule has 140 valence electrons. The highest BCUT2D eigenvalue weighted by molar-refractivity contribution is 6.10. The number of carbonyl (C=O) groups excluding carboxylic acids is 1. The molecular weight excluding hydrogens is 342 g/mol. The van der Waals surface area contributed by atoms with Gasteiger partial charge in [0.2, 0.25) is 5.91 Å². The number of aromatic nitrogens is 4. The Labute approximate surface area is 158 Å². The van der Waals surface area contributed by atoms with Gasteiger partial charge in [-0.1, -0.05) is 12.0 Å². The number of nitrogens with zero attached hydrogens (tertiary/aromatic N) is 5. The van der Waals surface area contributed by atoms with E-state index in [4.69, 9.17) is 12.2 Å². The van der Waals surface area contributed by atoms with Gasteiger partial charge in [0, 0.05) is 6.20 Å². The van der Waals surface area contributed by atoms with E-state index in [-0.39, 0.29) is 12.4 Å². The normalized spacial score (nSPS) is 13.4. The molecule has 8 nitrogen and oxygen atoms in total. The van der Waals surface area contributed by atoms with Crippen LogP contribution in [0.25, 0.3) is 5.82 Å². The van der Waals surface area contributed by atoms with Gasteiger partial charge in [0.25, 0.3) is 0 Å². The minimum atomic E-state index is -1.43. The van der Waals surface area contributed by atoms with Crippen molar-refractivity contribution in [3.63, 3.8) is 0 Å². The molecule has 1 unspecified atom stereocenters. The van der Waals surface area contributed by atoms with E-state index >= 15 is 0 Å². The number of hydrogen-bond acceptors (Lipinski definition) is 5. The number of carbonyl (C=O) groups is 1. The molecule has 2 heterocycles. The quantitative estimate of drug-likeness (QED) is 0.458. The molecule has 0 saturated heterocycles. The van der Waals surface area contributed by atoms with Crippen LogP contribution in [-0.4, -0.2) is 31.7 Å². The predicted octanol–water partition coefficient (Wildman–Crippen LogP) is 1.50. The molecule has 0 aliphatic heterocycles. The fourth-order valence-corrected chi connectivity index (χ4v) is 2.21. The van der Waals surface area contributed by atoms with Gasteiger partial charge in [-0.05, 0) is 44.9 Å². The molecule has 1 amide bonds. The van der Waals surface area contributed by atoms with E-state index in [1.165, 1.54) is 17.2 Å². The summed E-state index contributed by atoms with van der Waals surface area (Å²) < 4.78 is 0. The van der Waals surface area contributed by atoms with Crippen molar-refractivity contribution >= 4 is 17.6 Å². The second-order valence-electron chi connectivity index (χ2n) is 6.36.